The Morgan fingerprint density at radius 3 is 1.55 bits per heavy atom. The van der Waals surface area contributed by atoms with Gasteiger partial charge in [-0.25, -0.2) is 9.97 Å². The topological polar surface area (TPSA) is 60.4 Å². The fourth-order valence-corrected chi connectivity index (χ4v) is 4.24. The molecule has 0 saturated carbocycles. The molecule has 0 saturated heterocycles. The van der Waals surface area contributed by atoms with E-state index in [1.807, 2.05) is 61.4 Å². The van der Waals surface area contributed by atoms with Gasteiger partial charge in [0, 0.05) is 35.8 Å². The molecule has 6 aromatic rings. The van der Waals surface area contributed by atoms with Gasteiger partial charge in [0.25, 0.3) is 0 Å². The van der Waals surface area contributed by atoms with Crippen molar-refractivity contribution in [1.29, 1.82) is 0 Å². The first-order valence-electron chi connectivity index (χ1n) is 10.9. The first-order chi connectivity index (χ1) is 16.1. The van der Waals surface area contributed by atoms with Crippen molar-refractivity contribution < 1.29 is 0 Å². The van der Waals surface area contributed by atoms with Crippen molar-refractivity contribution in [3.8, 4) is 22.8 Å². The molecule has 0 aliphatic rings. The van der Waals surface area contributed by atoms with Gasteiger partial charge in [0.05, 0.1) is 40.6 Å². The van der Waals surface area contributed by atoms with E-state index in [0.717, 1.165) is 45.2 Å². The van der Waals surface area contributed by atoms with E-state index in [1.165, 1.54) is 0 Å². The van der Waals surface area contributed by atoms with Crippen LogP contribution in [0.5, 0.6) is 0 Å². The van der Waals surface area contributed by atoms with E-state index in [4.69, 9.17) is 9.97 Å². The third-order valence-electron chi connectivity index (χ3n) is 6.20. The minimum atomic E-state index is -0.480. The largest absolute Gasteiger partial charge is 0.315 e. The monoisotopic (exact) mass is 430 g/mol. The maximum atomic E-state index is 5.00. The van der Waals surface area contributed by atoms with Gasteiger partial charge in [-0.3, -0.25) is 9.97 Å². The van der Waals surface area contributed by atoms with Gasteiger partial charge >= 0.3 is 0 Å². The first-order valence-corrected chi connectivity index (χ1v) is 10.9. The third kappa shape index (κ3) is 3.19. The lowest BCUT2D eigenvalue weighted by atomic mass is 9.86. The molecule has 0 aliphatic carbocycles. The van der Waals surface area contributed by atoms with Crippen LogP contribution in [0.25, 0.3) is 33.8 Å². The van der Waals surface area contributed by atoms with Crippen molar-refractivity contribution in [3.05, 3.63) is 109 Å². The number of fused-ring (bicyclic) bond motifs is 2. The Bertz CT molecular complexity index is 1490. The van der Waals surface area contributed by atoms with Gasteiger partial charge in [0.15, 0.2) is 0 Å². The summed E-state index contributed by atoms with van der Waals surface area (Å²) < 4.78 is 4.25. The molecule has 0 atom stereocenters. The highest BCUT2D eigenvalue weighted by molar-refractivity contribution is 5.65. The Hall–Kier alpha value is -4.32. The van der Waals surface area contributed by atoms with E-state index >= 15 is 0 Å². The lowest BCUT2D eigenvalue weighted by Crippen LogP contribution is -2.23. The van der Waals surface area contributed by atoms with Gasteiger partial charge in [-0.2, -0.15) is 0 Å². The van der Waals surface area contributed by atoms with Gasteiger partial charge in [0.2, 0.25) is 0 Å². The molecule has 6 heteroatoms. The summed E-state index contributed by atoms with van der Waals surface area (Å²) in [6.07, 6.45) is 11.3. The quantitative estimate of drug-likeness (QED) is 0.374. The SMILES string of the molecule is CC(C)(c1cncc(-c2ccc3ccccn23)n1)c1cncc(-c2ccc3ccccn23)n1. The van der Waals surface area contributed by atoms with Crippen LogP contribution in [0.3, 0.4) is 0 Å². The van der Waals surface area contributed by atoms with Gasteiger partial charge in [-0.15, -0.1) is 0 Å². The van der Waals surface area contributed by atoms with Gasteiger partial charge in [0.1, 0.15) is 11.4 Å². The highest BCUT2D eigenvalue weighted by atomic mass is 14.9. The Kier molecular flexibility index (Phi) is 4.33. The Morgan fingerprint density at radius 2 is 1.06 bits per heavy atom. The van der Waals surface area contributed by atoms with Gasteiger partial charge in [-0.1, -0.05) is 12.1 Å². The van der Waals surface area contributed by atoms with Crippen LogP contribution < -0.4 is 0 Å². The molecule has 160 valence electrons. The van der Waals surface area contributed by atoms with Crippen molar-refractivity contribution >= 4 is 11.0 Å². The number of nitrogens with zero attached hydrogens (tertiary/aromatic N) is 6. The number of pyridine rings is 2. The second-order valence-electron chi connectivity index (χ2n) is 8.63. The summed E-state index contributed by atoms with van der Waals surface area (Å²) >= 11 is 0. The van der Waals surface area contributed by atoms with Crippen LogP contribution in [0, 0.1) is 0 Å². The molecule has 6 nitrogen and oxygen atoms in total. The predicted molar refractivity (Wildman–Crippen MR) is 129 cm³/mol. The molecule has 0 amide bonds. The van der Waals surface area contributed by atoms with Gasteiger partial charge < -0.3 is 8.80 Å². The minimum Gasteiger partial charge on any atom is -0.315 e. The standard InChI is InChI=1S/C27H22N6/c1-27(2,25-17-28-15-21(30-25)23-11-9-19-7-3-5-13-32(19)23)26-18-29-16-22(31-26)24-12-10-20-8-4-6-14-33(20)24/h3-18H,1-2H3. The highest BCUT2D eigenvalue weighted by Crippen LogP contribution is 2.31. The molecular formula is C27H22N6. The van der Waals surface area contributed by atoms with Crippen LogP contribution in [-0.4, -0.2) is 28.7 Å². The zero-order chi connectivity index (χ0) is 22.4. The first kappa shape index (κ1) is 19.4. The van der Waals surface area contributed by atoms with Gasteiger partial charge in [-0.05, 0) is 62.4 Å². The van der Waals surface area contributed by atoms with E-state index in [-0.39, 0.29) is 0 Å². The molecule has 0 bridgehead atoms. The molecule has 0 spiro atoms. The van der Waals surface area contributed by atoms with Crippen molar-refractivity contribution in [1.82, 2.24) is 28.7 Å². The molecule has 0 unspecified atom stereocenters. The van der Waals surface area contributed by atoms with Crippen LogP contribution in [0.2, 0.25) is 0 Å². The Morgan fingerprint density at radius 1 is 0.576 bits per heavy atom. The van der Waals surface area contributed by atoms with E-state index in [9.17, 15) is 0 Å². The summed E-state index contributed by atoms with van der Waals surface area (Å²) in [7, 11) is 0. The smallest absolute Gasteiger partial charge is 0.106 e. The summed E-state index contributed by atoms with van der Waals surface area (Å²) in [5.74, 6) is 0. The fraction of sp³-hybridized carbons (Fsp3) is 0.111. The molecule has 0 radical (unpaired) electrons. The van der Waals surface area contributed by atoms with Crippen LogP contribution in [0.4, 0.5) is 0 Å². The zero-order valence-electron chi connectivity index (χ0n) is 18.4. The summed E-state index contributed by atoms with van der Waals surface area (Å²) in [6, 6.07) is 20.6. The summed E-state index contributed by atoms with van der Waals surface area (Å²) in [5, 5.41) is 0. The van der Waals surface area contributed by atoms with E-state index in [1.54, 1.807) is 0 Å². The summed E-state index contributed by atoms with van der Waals surface area (Å²) in [6.45, 7) is 4.22. The van der Waals surface area contributed by atoms with E-state index < -0.39 is 5.41 Å². The fourth-order valence-electron chi connectivity index (χ4n) is 4.24. The number of hydrogen-bond acceptors (Lipinski definition) is 4. The van der Waals surface area contributed by atoms with E-state index in [0.29, 0.717) is 0 Å². The zero-order valence-corrected chi connectivity index (χ0v) is 18.4. The van der Waals surface area contributed by atoms with Crippen LogP contribution >= 0.6 is 0 Å². The third-order valence-corrected chi connectivity index (χ3v) is 6.20. The lowest BCUT2D eigenvalue weighted by molar-refractivity contribution is 0.589. The molecule has 6 rings (SSSR count). The van der Waals surface area contributed by atoms with Crippen LogP contribution in [0.1, 0.15) is 25.2 Å². The summed E-state index contributed by atoms with van der Waals surface area (Å²) in [4.78, 5) is 19.0. The second kappa shape index (κ2) is 7.38. The molecule has 6 aromatic heterocycles. The van der Waals surface area contributed by atoms with Crippen molar-refractivity contribution in [2.45, 2.75) is 19.3 Å². The average molecular weight is 431 g/mol. The van der Waals surface area contributed by atoms with Crippen molar-refractivity contribution in [2.24, 2.45) is 0 Å². The predicted octanol–water partition coefficient (Wildman–Crippen LogP) is 5.43. The molecule has 0 aliphatic heterocycles. The van der Waals surface area contributed by atoms with Crippen molar-refractivity contribution in [2.75, 3.05) is 0 Å². The Balaban J connectivity index is 1.42. The molecule has 0 N–H and O–H groups in total. The number of hydrogen-bond donors (Lipinski definition) is 0. The maximum Gasteiger partial charge on any atom is 0.106 e. The normalized spacial score (nSPS) is 11.9. The van der Waals surface area contributed by atoms with Crippen LogP contribution in [0.15, 0.2) is 97.8 Å². The number of aromatic nitrogens is 6. The second-order valence-corrected chi connectivity index (χ2v) is 8.63. The summed E-state index contributed by atoms with van der Waals surface area (Å²) in [5.41, 5.74) is 7.13. The van der Waals surface area contributed by atoms with Crippen molar-refractivity contribution in [3.63, 3.8) is 0 Å². The molecule has 0 fully saturated rings. The average Bonchev–Trinajstić information content (AvgIpc) is 3.49. The molecule has 6 heterocycles. The highest BCUT2D eigenvalue weighted by Gasteiger charge is 2.28. The maximum absolute atomic E-state index is 5.00. The minimum absolute atomic E-state index is 0.480. The number of rotatable bonds is 4. The molecule has 0 aromatic carbocycles. The van der Waals surface area contributed by atoms with E-state index in [2.05, 4.69) is 69.0 Å². The van der Waals surface area contributed by atoms with Crippen LogP contribution in [-0.2, 0) is 5.41 Å². The molecule has 33 heavy (non-hydrogen) atoms. The molecular weight excluding hydrogens is 408 g/mol. The lowest BCUT2D eigenvalue weighted by Gasteiger charge is -2.23. The Labute approximate surface area is 191 Å².